The highest BCUT2D eigenvalue weighted by atomic mass is 35.5. The fourth-order valence-electron chi connectivity index (χ4n) is 3.30. The van der Waals surface area contributed by atoms with Crippen molar-refractivity contribution >= 4 is 23.3 Å². The van der Waals surface area contributed by atoms with Crippen molar-refractivity contribution in [1.29, 1.82) is 0 Å². The third kappa shape index (κ3) is 4.32. The first-order valence-corrected chi connectivity index (χ1v) is 9.66. The summed E-state index contributed by atoms with van der Waals surface area (Å²) < 4.78 is 11.1. The van der Waals surface area contributed by atoms with Crippen LogP contribution in [0.2, 0.25) is 0 Å². The van der Waals surface area contributed by atoms with Gasteiger partial charge in [0.15, 0.2) is 5.76 Å². The van der Waals surface area contributed by atoms with E-state index in [0.717, 1.165) is 42.0 Å². The topological polar surface area (TPSA) is 55.6 Å². The molecule has 0 aromatic carbocycles. The Morgan fingerprint density at radius 2 is 2.15 bits per heavy atom. The van der Waals surface area contributed by atoms with Crippen LogP contribution in [-0.4, -0.2) is 28.3 Å². The predicted molar refractivity (Wildman–Crippen MR) is 102 cm³/mol. The molecular weight excluding hydrogens is 352 g/mol. The van der Waals surface area contributed by atoms with Crippen LogP contribution in [0.3, 0.4) is 0 Å². The van der Waals surface area contributed by atoms with Crippen LogP contribution in [0.5, 0.6) is 0 Å². The van der Waals surface area contributed by atoms with Crippen LogP contribution in [0.4, 0.5) is 4.79 Å². The number of rotatable bonds is 2. The quantitative estimate of drug-likeness (QED) is 0.664. The minimum absolute atomic E-state index is 0.112. The van der Waals surface area contributed by atoms with Gasteiger partial charge in [0, 0.05) is 23.2 Å². The summed E-state index contributed by atoms with van der Waals surface area (Å²) in [6.07, 6.45) is 7.53. The highest BCUT2D eigenvalue weighted by Crippen LogP contribution is 2.35. The van der Waals surface area contributed by atoms with E-state index in [9.17, 15) is 4.79 Å². The third-order valence-corrected chi connectivity index (χ3v) is 5.22. The predicted octanol–water partition coefficient (Wildman–Crippen LogP) is 5.68. The lowest BCUT2D eigenvalue weighted by Gasteiger charge is -2.35. The molecule has 2 aliphatic rings. The van der Waals surface area contributed by atoms with Crippen molar-refractivity contribution in [3.8, 4) is 0 Å². The van der Waals surface area contributed by atoms with E-state index in [1.54, 1.807) is 4.90 Å². The summed E-state index contributed by atoms with van der Waals surface area (Å²) in [5.41, 5.74) is 1.21. The van der Waals surface area contributed by atoms with Crippen LogP contribution in [0.25, 0.3) is 5.57 Å². The van der Waals surface area contributed by atoms with Gasteiger partial charge in [0.2, 0.25) is 0 Å². The highest BCUT2D eigenvalue weighted by Gasteiger charge is 2.33. The zero-order chi connectivity index (χ0) is 18.9. The molecule has 1 amide bonds. The molecule has 5 nitrogen and oxygen atoms in total. The van der Waals surface area contributed by atoms with Gasteiger partial charge in [-0.15, -0.1) is 0 Å². The Balaban J connectivity index is 1.79. The Morgan fingerprint density at radius 3 is 2.85 bits per heavy atom. The Labute approximate surface area is 160 Å². The summed E-state index contributed by atoms with van der Waals surface area (Å²) in [5, 5.41) is 5.08. The smallest absolute Gasteiger partial charge is 0.410 e. The maximum Gasteiger partial charge on any atom is 0.410 e. The monoisotopic (exact) mass is 378 g/mol. The molecule has 1 fully saturated rings. The van der Waals surface area contributed by atoms with Gasteiger partial charge in [-0.3, -0.25) is 4.90 Å². The van der Waals surface area contributed by atoms with Gasteiger partial charge >= 0.3 is 6.09 Å². The number of carbonyl (C=O) groups excluding carboxylic acids is 1. The number of aromatic nitrogens is 1. The molecule has 0 spiro atoms. The molecule has 0 radical (unpaired) electrons. The Kier molecular flexibility index (Phi) is 5.47. The first kappa shape index (κ1) is 19.0. The molecule has 2 atom stereocenters. The lowest BCUT2D eigenvalue weighted by Crippen LogP contribution is -2.42. The number of ether oxygens (including phenoxy) is 1. The van der Waals surface area contributed by atoms with Gasteiger partial charge in [0.05, 0.1) is 6.04 Å². The molecule has 2 unspecified atom stereocenters. The van der Waals surface area contributed by atoms with Crippen molar-refractivity contribution in [2.45, 2.75) is 65.0 Å². The molecule has 1 aromatic rings. The average molecular weight is 379 g/mol. The van der Waals surface area contributed by atoms with Crippen molar-refractivity contribution in [3.05, 3.63) is 34.7 Å². The van der Waals surface area contributed by atoms with Gasteiger partial charge in [-0.1, -0.05) is 29.8 Å². The first-order chi connectivity index (χ1) is 12.2. The fraction of sp³-hybridized carbons (Fsp3) is 0.600. The van der Waals surface area contributed by atoms with E-state index in [0.29, 0.717) is 18.2 Å². The minimum Gasteiger partial charge on any atom is -0.444 e. The number of halogens is 1. The van der Waals surface area contributed by atoms with Gasteiger partial charge < -0.3 is 9.26 Å². The second kappa shape index (κ2) is 7.47. The van der Waals surface area contributed by atoms with Gasteiger partial charge in [0.1, 0.15) is 11.3 Å². The Bertz CT molecular complexity index is 730. The molecule has 1 aliphatic heterocycles. The SMILES string of the molecule is CC1CC=C(c2cc(C3CCCCN3C(=O)OC(C)(C)C)no2)C=C1Cl. The molecule has 2 heterocycles. The second-order valence-electron chi connectivity index (χ2n) is 8.13. The average Bonchev–Trinajstić information content (AvgIpc) is 3.06. The molecule has 142 valence electrons. The lowest BCUT2D eigenvalue weighted by atomic mass is 9.95. The van der Waals surface area contributed by atoms with Gasteiger partial charge in [-0.2, -0.15) is 0 Å². The molecule has 0 bridgehead atoms. The number of amides is 1. The summed E-state index contributed by atoms with van der Waals surface area (Å²) in [4.78, 5) is 14.4. The number of carbonyl (C=O) groups is 1. The standard InChI is InChI=1S/C20H27ClN2O3/c1-13-8-9-14(11-15(13)21)18-12-16(22-26-18)17-7-5-6-10-23(17)19(24)25-20(2,3)4/h9,11-13,17H,5-8,10H2,1-4H3. The second-order valence-corrected chi connectivity index (χ2v) is 8.56. The van der Waals surface area contributed by atoms with Crippen LogP contribution >= 0.6 is 11.6 Å². The molecule has 1 saturated heterocycles. The Morgan fingerprint density at radius 1 is 1.38 bits per heavy atom. The summed E-state index contributed by atoms with van der Waals surface area (Å²) in [6, 6.07) is 1.81. The maximum absolute atomic E-state index is 12.6. The largest absolute Gasteiger partial charge is 0.444 e. The molecule has 3 rings (SSSR count). The van der Waals surface area contributed by atoms with E-state index in [1.165, 1.54) is 0 Å². The van der Waals surface area contributed by atoms with E-state index in [4.69, 9.17) is 20.9 Å². The summed E-state index contributed by atoms with van der Waals surface area (Å²) in [6.45, 7) is 8.41. The zero-order valence-electron chi connectivity index (χ0n) is 15.9. The van der Waals surface area contributed by atoms with Crippen molar-refractivity contribution < 1.29 is 14.1 Å². The normalized spacial score (nSPS) is 24.1. The third-order valence-electron chi connectivity index (χ3n) is 4.74. The van der Waals surface area contributed by atoms with E-state index >= 15 is 0 Å². The van der Waals surface area contributed by atoms with Crippen LogP contribution in [-0.2, 0) is 4.74 Å². The van der Waals surface area contributed by atoms with Crippen LogP contribution in [0, 0.1) is 5.92 Å². The number of hydrogen-bond donors (Lipinski definition) is 0. The fourth-order valence-corrected chi connectivity index (χ4v) is 3.50. The summed E-state index contributed by atoms with van der Waals surface area (Å²) >= 11 is 6.28. The molecule has 1 aromatic heterocycles. The van der Waals surface area contributed by atoms with Crippen LogP contribution in [0.1, 0.15) is 70.9 Å². The summed E-state index contributed by atoms with van der Waals surface area (Å²) in [7, 11) is 0. The lowest BCUT2D eigenvalue weighted by molar-refractivity contribution is 0.00869. The number of nitrogens with zero attached hydrogens (tertiary/aromatic N) is 2. The number of allylic oxidation sites excluding steroid dienone is 4. The molecule has 0 N–H and O–H groups in total. The Hall–Kier alpha value is -1.75. The van der Waals surface area contributed by atoms with Gasteiger partial charge in [-0.05, 0) is 58.4 Å². The molecule has 6 heteroatoms. The number of hydrogen-bond acceptors (Lipinski definition) is 4. The highest BCUT2D eigenvalue weighted by molar-refractivity contribution is 6.30. The van der Waals surface area contributed by atoms with E-state index in [-0.39, 0.29) is 12.1 Å². The number of likely N-dealkylation sites (tertiary alicyclic amines) is 1. The van der Waals surface area contributed by atoms with Gasteiger partial charge in [0.25, 0.3) is 0 Å². The van der Waals surface area contributed by atoms with Crippen molar-refractivity contribution in [2.75, 3.05) is 6.54 Å². The molecular formula is C20H27ClN2O3. The van der Waals surface area contributed by atoms with Crippen molar-refractivity contribution in [3.63, 3.8) is 0 Å². The van der Waals surface area contributed by atoms with E-state index in [1.807, 2.05) is 32.9 Å². The molecule has 0 saturated carbocycles. The zero-order valence-corrected chi connectivity index (χ0v) is 16.7. The molecule has 26 heavy (non-hydrogen) atoms. The minimum atomic E-state index is -0.515. The summed E-state index contributed by atoms with van der Waals surface area (Å²) in [5.74, 6) is 1.03. The maximum atomic E-state index is 12.6. The van der Waals surface area contributed by atoms with Gasteiger partial charge in [-0.25, -0.2) is 4.79 Å². The molecule has 1 aliphatic carbocycles. The number of piperidine rings is 1. The van der Waals surface area contributed by atoms with Crippen LogP contribution in [0.15, 0.2) is 27.8 Å². The van der Waals surface area contributed by atoms with E-state index < -0.39 is 5.60 Å². The van der Waals surface area contributed by atoms with Crippen molar-refractivity contribution in [1.82, 2.24) is 10.1 Å². The van der Waals surface area contributed by atoms with Crippen molar-refractivity contribution in [2.24, 2.45) is 5.92 Å². The van der Waals surface area contributed by atoms with Crippen LogP contribution < -0.4 is 0 Å². The van der Waals surface area contributed by atoms with E-state index in [2.05, 4.69) is 18.2 Å². The first-order valence-electron chi connectivity index (χ1n) is 9.28.